The van der Waals surface area contributed by atoms with Crippen molar-refractivity contribution in [3.8, 4) is 11.5 Å². The normalized spacial score (nSPS) is 10.2. The van der Waals surface area contributed by atoms with E-state index in [-0.39, 0.29) is 29.5 Å². The average Bonchev–Trinajstić information content (AvgIpc) is 2.55. The Morgan fingerprint density at radius 1 is 1.17 bits per heavy atom. The quantitative estimate of drug-likeness (QED) is 0.789. The molecule has 0 aliphatic rings. The van der Waals surface area contributed by atoms with Gasteiger partial charge in [-0.2, -0.15) is 0 Å². The number of ether oxygens (including phenoxy) is 2. The molecule has 0 aromatic heterocycles. The highest BCUT2D eigenvalue weighted by atomic mass is 35.5. The van der Waals surface area contributed by atoms with Crippen molar-refractivity contribution in [2.75, 3.05) is 20.3 Å². The number of halogens is 2. The summed E-state index contributed by atoms with van der Waals surface area (Å²) in [5.41, 5.74) is 0.192. The van der Waals surface area contributed by atoms with Crippen LogP contribution in [0.3, 0.4) is 0 Å². The minimum atomic E-state index is -0.488. The van der Waals surface area contributed by atoms with Crippen molar-refractivity contribution in [1.82, 2.24) is 5.32 Å². The van der Waals surface area contributed by atoms with Gasteiger partial charge in [-0.25, -0.2) is 4.39 Å². The summed E-state index contributed by atoms with van der Waals surface area (Å²) in [5, 5.41) is 2.90. The maximum atomic E-state index is 13.6. The third-order valence-electron chi connectivity index (χ3n) is 3.15. The number of methoxy groups -OCH3 is 1. The molecule has 0 bridgehead atoms. The summed E-state index contributed by atoms with van der Waals surface area (Å²) in [5.74, 6) is 0.414. The summed E-state index contributed by atoms with van der Waals surface area (Å²) in [6, 6.07) is 11.6. The van der Waals surface area contributed by atoms with Crippen molar-refractivity contribution in [3.05, 3.63) is 58.9 Å². The molecule has 0 saturated carbocycles. The summed E-state index contributed by atoms with van der Waals surface area (Å²) in [6.07, 6.45) is -0.111. The van der Waals surface area contributed by atoms with Gasteiger partial charge in [0.25, 0.3) is 0 Å². The first-order chi connectivity index (χ1) is 11.1. The minimum Gasteiger partial charge on any atom is -0.493 e. The van der Waals surface area contributed by atoms with E-state index in [0.717, 1.165) is 0 Å². The molecule has 0 fully saturated rings. The third kappa shape index (κ3) is 4.86. The summed E-state index contributed by atoms with van der Waals surface area (Å²) in [4.78, 5) is 11.8. The molecule has 2 aromatic carbocycles. The lowest BCUT2D eigenvalue weighted by molar-refractivity contribution is -0.120. The molecule has 0 aliphatic carbocycles. The van der Waals surface area contributed by atoms with Crippen LogP contribution in [-0.2, 0) is 11.2 Å². The van der Waals surface area contributed by atoms with E-state index in [9.17, 15) is 9.18 Å². The Morgan fingerprint density at radius 2 is 1.91 bits per heavy atom. The Labute approximate surface area is 139 Å². The zero-order chi connectivity index (χ0) is 16.7. The molecule has 122 valence electrons. The molecule has 6 heteroatoms. The molecule has 0 heterocycles. The van der Waals surface area contributed by atoms with Gasteiger partial charge in [0.2, 0.25) is 5.91 Å². The number of carbonyl (C=O) groups is 1. The Hall–Kier alpha value is -2.27. The van der Waals surface area contributed by atoms with E-state index in [1.165, 1.54) is 12.1 Å². The van der Waals surface area contributed by atoms with Crippen LogP contribution < -0.4 is 14.8 Å². The minimum absolute atomic E-state index is 0.111. The predicted octanol–water partition coefficient (Wildman–Crippen LogP) is 3.23. The van der Waals surface area contributed by atoms with Crippen LogP contribution in [0.5, 0.6) is 11.5 Å². The van der Waals surface area contributed by atoms with Gasteiger partial charge in [-0.1, -0.05) is 29.8 Å². The van der Waals surface area contributed by atoms with Crippen LogP contribution >= 0.6 is 11.6 Å². The van der Waals surface area contributed by atoms with Gasteiger partial charge >= 0.3 is 0 Å². The molecule has 0 saturated heterocycles. The molecule has 23 heavy (non-hydrogen) atoms. The fourth-order valence-corrected chi connectivity index (χ4v) is 2.24. The monoisotopic (exact) mass is 337 g/mol. The smallest absolute Gasteiger partial charge is 0.224 e. The Balaban J connectivity index is 1.79. The van der Waals surface area contributed by atoms with Crippen LogP contribution in [0.25, 0.3) is 0 Å². The number of amides is 1. The molecule has 0 spiro atoms. The van der Waals surface area contributed by atoms with Gasteiger partial charge in [0.1, 0.15) is 12.4 Å². The molecule has 4 nitrogen and oxygen atoms in total. The van der Waals surface area contributed by atoms with E-state index in [0.29, 0.717) is 18.0 Å². The fraction of sp³-hybridized carbons (Fsp3) is 0.235. The zero-order valence-corrected chi connectivity index (χ0v) is 13.4. The third-order valence-corrected chi connectivity index (χ3v) is 3.50. The second-order valence-corrected chi connectivity index (χ2v) is 5.13. The highest BCUT2D eigenvalue weighted by molar-refractivity contribution is 6.31. The Kier molecular flexibility index (Phi) is 6.23. The first kappa shape index (κ1) is 17.1. The lowest BCUT2D eigenvalue weighted by Crippen LogP contribution is -2.29. The Bertz CT molecular complexity index is 658. The van der Waals surface area contributed by atoms with Crippen LogP contribution in [0.15, 0.2) is 42.5 Å². The van der Waals surface area contributed by atoms with Gasteiger partial charge < -0.3 is 14.8 Å². The Morgan fingerprint density at radius 3 is 2.61 bits per heavy atom. The van der Waals surface area contributed by atoms with Crippen molar-refractivity contribution in [2.24, 2.45) is 0 Å². The second kappa shape index (κ2) is 8.39. The maximum Gasteiger partial charge on any atom is 0.224 e. The molecule has 1 amide bonds. The topological polar surface area (TPSA) is 47.6 Å². The number of rotatable bonds is 7. The van der Waals surface area contributed by atoms with Crippen LogP contribution in [0, 0.1) is 5.82 Å². The first-order valence-corrected chi connectivity index (χ1v) is 7.45. The van der Waals surface area contributed by atoms with Crippen molar-refractivity contribution in [1.29, 1.82) is 0 Å². The first-order valence-electron chi connectivity index (χ1n) is 7.07. The van der Waals surface area contributed by atoms with Gasteiger partial charge in [0.05, 0.1) is 20.1 Å². The number of hydrogen-bond acceptors (Lipinski definition) is 3. The predicted molar refractivity (Wildman–Crippen MR) is 86.6 cm³/mol. The van der Waals surface area contributed by atoms with E-state index in [2.05, 4.69) is 5.32 Å². The van der Waals surface area contributed by atoms with E-state index in [1.54, 1.807) is 25.3 Å². The second-order valence-electron chi connectivity index (χ2n) is 4.73. The standard InChI is InChI=1S/C17H17ClFNO3/c1-22-15-7-2-3-8-16(15)23-10-9-20-17(21)11-12-13(18)5-4-6-14(12)19/h2-8H,9-11H2,1H3,(H,20,21). The largest absolute Gasteiger partial charge is 0.493 e. The van der Waals surface area contributed by atoms with Crippen LogP contribution in [0.4, 0.5) is 4.39 Å². The van der Waals surface area contributed by atoms with E-state index in [4.69, 9.17) is 21.1 Å². The highest BCUT2D eigenvalue weighted by Crippen LogP contribution is 2.25. The molecule has 0 aliphatic heterocycles. The van der Waals surface area contributed by atoms with Crippen LogP contribution in [0.1, 0.15) is 5.56 Å². The SMILES string of the molecule is COc1ccccc1OCCNC(=O)Cc1c(F)cccc1Cl. The number of carbonyl (C=O) groups excluding carboxylic acids is 1. The summed E-state index contributed by atoms with van der Waals surface area (Å²) < 4.78 is 24.3. The van der Waals surface area contributed by atoms with E-state index in [1.807, 2.05) is 12.1 Å². The number of hydrogen-bond donors (Lipinski definition) is 1. The lowest BCUT2D eigenvalue weighted by atomic mass is 10.1. The maximum absolute atomic E-state index is 13.6. The average molecular weight is 338 g/mol. The van der Waals surface area contributed by atoms with Crippen molar-refractivity contribution in [2.45, 2.75) is 6.42 Å². The number of benzene rings is 2. The molecule has 2 rings (SSSR count). The summed E-state index contributed by atoms with van der Waals surface area (Å²) >= 11 is 5.89. The summed E-state index contributed by atoms with van der Waals surface area (Å²) in [7, 11) is 1.56. The van der Waals surface area contributed by atoms with Crippen molar-refractivity contribution >= 4 is 17.5 Å². The molecule has 2 aromatic rings. The van der Waals surface area contributed by atoms with Crippen LogP contribution in [-0.4, -0.2) is 26.2 Å². The number of nitrogens with one attached hydrogen (secondary N) is 1. The van der Waals surface area contributed by atoms with Crippen LogP contribution in [0.2, 0.25) is 5.02 Å². The van der Waals surface area contributed by atoms with Gasteiger partial charge in [-0.3, -0.25) is 4.79 Å². The molecule has 0 unspecified atom stereocenters. The van der Waals surface area contributed by atoms with Gasteiger partial charge in [-0.15, -0.1) is 0 Å². The molecule has 1 N–H and O–H groups in total. The highest BCUT2D eigenvalue weighted by Gasteiger charge is 2.11. The summed E-state index contributed by atoms with van der Waals surface area (Å²) in [6.45, 7) is 0.570. The molecule has 0 atom stereocenters. The zero-order valence-electron chi connectivity index (χ0n) is 12.6. The van der Waals surface area contributed by atoms with Crippen molar-refractivity contribution in [3.63, 3.8) is 0 Å². The van der Waals surface area contributed by atoms with Gasteiger partial charge in [0, 0.05) is 10.6 Å². The lowest BCUT2D eigenvalue weighted by Gasteiger charge is -2.11. The number of para-hydroxylation sites is 2. The van der Waals surface area contributed by atoms with E-state index < -0.39 is 5.82 Å². The molecular formula is C17H17ClFNO3. The van der Waals surface area contributed by atoms with Gasteiger partial charge in [-0.05, 0) is 24.3 Å². The molecule has 0 radical (unpaired) electrons. The fourth-order valence-electron chi connectivity index (χ4n) is 2.01. The van der Waals surface area contributed by atoms with E-state index >= 15 is 0 Å². The molecular weight excluding hydrogens is 321 g/mol. The van der Waals surface area contributed by atoms with Gasteiger partial charge in [0.15, 0.2) is 11.5 Å². The van der Waals surface area contributed by atoms with Crippen molar-refractivity contribution < 1.29 is 18.7 Å².